The molecule has 1 atom stereocenters. The summed E-state index contributed by atoms with van der Waals surface area (Å²) in [6.07, 6.45) is 9.86. The topological polar surface area (TPSA) is 20.6 Å². The molecule has 1 aromatic carbocycles. The average Bonchev–Trinajstić information content (AvgIpc) is 3.68. The molecule has 38 heavy (non-hydrogen) atoms. The molecule has 1 aromatic heterocycles. The number of allylic oxidation sites excluding steroid dienone is 2. The normalized spacial score (nSPS) is 18.2. The molecule has 2 aliphatic carbocycles. The van der Waals surface area contributed by atoms with Gasteiger partial charge in [0, 0.05) is 59.6 Å². The molecule has 206 valence electrons. The third-order valence-electron chi connectivity index (χ3n) is 7.91. The van der Waals surface area contributed by atoms with Crippen LogP contribution in [0, 0.1) is 13.8 Å². The van der Waals surface area contributed by atoms with Gasteiger partial charge in [-0.2, -0.15) is 0 Å². The van der Waals surface area contributed by atoms with Gasteiger partial charge in [-0.15, -0.1) is 6.58 Å². The molecule has 2 saturated carbocycles. The van der Waals surface area contributed by atoms with E-state index in [1.54, 1.807) is 13.2 Å². The van der Waals surface area contributed by atoms with Crippen molar-refractivity contribution in [2.24, 2.45) is 0 Å². The van der Waals surface area contributed by atoms with E-state index in [-0.39, 0.29) is 0 Å². The fraction of sp³-hybridized carbons (Fsp3) is 0.471. The molecule has 4 rings (SSSR count). The molecule has 0 bridgehead atoms. The van der Waals surface area contributed by atoms with Gasteiger partial charge in [-0.3, -0.25) is 0 Å². The minimum absolute atomic E-state index is 0.476. The third-order valence-corrected chi connectivity index (χ3v) is 7.91. The Bertz CT molecular complexity index is 1160. The molecule has 4 nitrogen and oxygen atoms in total. The number of benzene rings is 1. The van der Waals surface area contributed by atoms with Crippen LogP contribution in [0.4, 0.5) is 0 Å². The van der Waals surface area contributed by atoms with E-state index in [9.17, 15) is 0 Å². The highest BCUT2D eigenvalue weighted by atomic mass is 16.5. The van der Waals surface area contributed by atoms with Crippen molar-refractivity contribution in [1.29, 1.82) is 0 Å². The van der Waals surface area contributed by atoms with E-state index in [0.717, 1.165) is 31.6 Å². The van der Waals surface area contributed by atoms with Gasteiger partial charge >= 0.3 is 0 Å². The fourth-order valence-electron chi connectivity index (χ4n) is 5.35. The number of hydrogen-bond donors (Lipinski definition) is 0. The highest BCUT2D eigenvalue weighted by molar-refractivity contribution is 5.66. The number of methoxy groups -OCH3 is 1. The molecule has 1 unspecified atom stereocenters. The van der Waals surface area contributed by atoms with Gasteiger partial charge in [0.15, 0.2) is 0 Å². The van der Waals surface area contributed by atoms with Crippen molar-refractivity contribution in [2.75, 3.05) is 14.2 Å². The van der Waals surface area contributed by atoms with Crippen molar-refractivity contribution < 1.29 is 4.74 Å². The number of nitrogens with zero attached hydrogens (tertiary/aromatic N) is 3. The second kappa shape index (κ2) is 13.1. The molecular formula is C34H49N3O. The lowest BCUT2D eigenvalue weighted by molar-refractivity contribution is 0.257. The number of para-hydroxylation sites is 1. The quantitative estimate of drug-likeness (QED) is 0.315. The standard InChI is InChI=1S/C31H43N3O.C3H6/c1-21(2)32(7)19-27-18-29(14-13-22(27)3)34(28-15-16-28)25(6)30-17-23(4)33(24(30)5)20-26-11-9-10-12-31(26)35-8;1-3-2/h9-12,17,19,21,28-29H,3,6,13-16,18,20H2,1-2,4-5,7-8H3;3H,1H2,2H3/b27-19-;. The number of rotatable bonds is 9. The molecule has 4 heteroatoms. The van der Waals surface area contributed by atoms with Crippen LogP contribution in [0.5, 0.6) is 5.75 Å². The average molecular weight is 516 g/mol. The first-order chi connectivity index (χ1) is 18.1. The predicted octanol–water partition coefficient (Wildman–Crippen LogP) is 8.12. The zero-order valence-corrected chi connectivity index (χ0v) is 24.9. The summed E-state index contributed by atoms with van der Waals surface area (Å²) < 4.78 is 8.01. The van der Waals surface area contributed by atoms with E-state index in [1.165, 1.54) is 52.2 Å². The van der Waals surface area contributed by atoms with Crippen molar-refractivity contribution in [1.82, 2.24) is 14.4 Å². The molecular weight excluding hydrogens is 466 g/mol. The highest BCUT2D eigenvalue weighted by Gasteiger charge is 2.37. The summed E-state index contributed by atoms with van der Waals surface area (Å²) in [5.41, 5.74) is 8.89. The second-order valence-corrected chi connectivity index (χ2v) is 11.1. The molecule has 0 spiro atoms. The van der Waals surface area contributed by atoms with Crippen molar-refractivity contribution in [2.45, 2.75) is 91.4 Å². The van der Waals surface area contributed by atoms with Gasteiger partial charge < -0.3 is 19.1 Å². The molecule has 1 heterocycles. The Labute approximate surface area is 232 Å². The van der Waals surface area contributed by atoms with E-state index >= 15 is 0 Å². The van der Waals surface area contributed by atoms with Gasteiger partial charge in [-0.25, -0.2) is 0 Å². The summed E-state index contributed by atoms with van der Waals surface area (Å²) in [5.74, 6) is 0.938. The first-order valence-corrected chi connectivity index (χ1v) is 14.1. The maximum atomic E-state index is 5.61. The van der Waals surface area contributed by atoms with Crippen LogP contribution < -0.4 is 4.74 Å². The molecule has 2 aliphatic rings. The van der Waals surface area contributed by atoms with Crippen LogP contribution in [0.1, 0.15) is 75.4 Å². The lowest BCUT2D eigenvalue weighted by Gasteiger charge is -2.39. The van der Waals surface area contributed by atoms with Gasteiger partial charge in [0.05, 0.1) is 13.7 Å². The van der Waals surface area contributed by atoms with Gasteiger partial charge in [0.2, 0.25) is 0 Å². The Morgan fingerprint density at radius 2 is 1.82 bits per heavy atom. The number of aromatic nitrogens is 1. The van der Waals surface area contributed by atoms with E-state index in [1.807, 2.05) is 19.1 Å². The molecule has 0 saturated heterocycles. The zero-order chi connectivity index (χ0) is 28.0. The Hall–Kier alpha value is -3.14. The van der Waals surface area contributed by atoms with Crippen molar-refractivity contribution in [3.8, 4) is 5.75 Å². The SMILES string of the molecule is C=C1CCC(N(C(=C)c2cc(C)n(Cc3ccccc3OC)c2C)C2CC2)C/C1=C/N(C)C(C)C.C=CC. The number of aryl methyl sites for hydroxylation is 1. The van der Waals surface area contributed by atoms with Gasteiger partial charge in [0.1, 0.15) is 5.75 Å². The summed E-state index contributed by atoms with van der Waals surface area (Å²) in [7, 11) is 3.91. The van der Waals surface area contributed by atoms with Crippen LogP contribution in [0.15, 0.2) is 73.5 Å². The Kier molecular flexibility index (Phi) is 10.1. The van der Waals surface area contributed by atoms with Gasteiger partial charge in [0.25, 0.3) is 0 Å². The largest absolute Gasteiger partial charge is 0.496 e. The highest BCUT2D eigenvalue weighted by Crippen LogP contribution is 2.42. The van der Waals surface area contributed by atoms with Crippen molar-refractivity contribution >= 4 is 5.70 Å². The summed E-state index contributed by atoms with van der Waals surface area (Å²) >= 11 is 0. The summed E-state index contributed by atoms with van der Waals surface area (Å²) in [6, 6.07) is 12.2. The van der Waals surface area contributed by atoms with Crippen LogP contribution in [0.3, 0.4) is 0 Å². The number of ether oxygens (including phenoxy) is 1. The Morgan fingerprint density at radius 1 is 1.16 bits per heavy atom. The zero-order valence-electron chi connectivity index (χ0n) is 24.9. The predicted molar refractivity (Wildman–Crippen MR) is 164 cm³/mol. The second-order valence-electron chi connectivity index (χ2n) is 11.1. The first-order valence-electron chi connectivity index (χ1n) is 14.1. The molecule has 2 fully saturated rings. The fourth-order valence-corrected chi connectivity index (χ4v) is 5.35. The lowest BCUT2D eigenvalue weighted by atomic mass is 9.86. The molecule has 2 aromatic rings. The summed E-state index contributed by atoms with van der Waals surface area (Å²) in [5, 5.41) is 0. The number of hydrogen-bond acceptors (Lipinski definition) is 3. The van der Waals surface area contributed by atoms with Gasteiger partial charge in [-0.05, 0) is 84.4 Å². The minimum Gasteiger partial charge on any atom is -0.496 e. The molecule has 0 N–H and O–H groups in total. The van der Waals surface area contributed by atoms with Crippen LogP contribution in [0.2, 0.25) is 0 Å². The van der Waals surface area contributed by atoms with Gasteiger partial charge in [-0.1, -0.05) is 43.0 Å². The van der Waals surface area contributed by atoms with Crippen molar-refractivity contribution in [3.63, 3.8) is 0 Å². The van der Waals surface area contributed by atoms with Crippen molar-refractivity contribution in [3.05, 3.63) is 96.0 Å². The van der Waals surface area contributed by atoms with Crippen LogP contribution in [-0.4, -0.2) is 46.6 Å². The first kappa shape index (κ1) is 29.4. The smallest absolute Gasteiger partial charge is 0.123 e. The van der Waals surface area contributed by atoms with E-state index in [2.05, 4.69) is 93.2 Å². The maximum Gasteiger partial charge on any atom is 0.123 e. The Morgan fingerprint density at radius 3 is 2.42 bits per heavy atom. The van der Waals surface area contributed by atoms with Crippen LogP contribution in [-0.2, 0) is 6.54 Å². The van der Waals surface area contributed by atoms with E-state index < -0.39 is 0 Å². The lowest BCUT2D eigenvalue weighted by Crippen LogP contribution is -2.38. The maximum absolute atomic E-state index is 5.61. The molecule has 0 radical (unpaired) electrons. The minimum atomic E-state index is 0.476. The third kappa shape index (κ3) is 6.83. The summed E-state index contributed by atoms with van der Waals surface area (Å²) in [6.45, 7) is 24.0. The monoisotopic (exact) mass is 515 g/mol. The molecule has 0 aliphatic heterocycles. The van der Waals surface area contributed by atoms with Crippen LogP contribution in [0.25, 0.3) is 5.70 Å². The van der Waals surface area contributed by atoms with E-state index in [4.69, 9.17) is 4.74 Å². The Balaban J connectivity index is 0.00000127. The summed E-state index contributed by atoms with van der Waals surface area (Å²) in [4.78, 5) is 4.97. The molecule has 0 amide bonds. The van der Waals surface area contributed by atoms with Crippen LogP contribution >= 0.6 is 0 Å². The van der Waals surface area contributed by atoms with E-state index in [0.29, 0.717) is 18.1 Å².